The summed E-state index contributed by atoms with van der Waals surface area (Å²) < 4.78 is 17.2. The molecule has 1 aliphatic heterocycles. The Morgan fingerprint density at radius 1 is 1.14 bits per heavy atom. The Kier molecular flexibility index (Phi) is 7.94. The maximum Gasteiger partial charge on any atom is 0.202 e. The van der Waals surface area contributed by atoms with Crippen LogP contribution in [0.25, 0.3) is 0 Å². The van der Waals surface area contributed by atoms with Gasteiger partial charge < -0.3 is 40.4 Å². The molecule has 224 valence electrons. The Bertz CT molecular complexity index is 1500. The number of phenols is 2. The summed E-state index contributed by atoms with van der Waals surface area (Å²) in [7, 11) is 1.33. The van der Waals surface area contributed by atoms with Crippen molar-refractivity contribution in [2.75, 3.05) is 12.9 Å². The van der Waals surface area contributed by atoms with Gasteiger partial charge in [-0.25, -0.2) is 0 Å². The molecule has 0 spiro atoms. The molecule has 2 aliphatic carbocycles. The van der Waals surface area contributed by atoms with Gasteiger partial charge >= 0.3 is 0 Å². The van der Waals surface area contributed by atoms with E-state index in [-0.39, 0.29) is 45.3 Å². The van der Waals surface area contributed by atoms with Gasteiger partial charge in [0.15, 0.2) is 23.0 Å². The molecule has 6 N–H and O–H groups in total. The van der Waals surface area contributed by atoms with Crippen molar-refractivity contribution in [3.63, 3.8) is 0 Å². The summed E-state index contributed by atoms with van der Waals surface area (Å²) in [5.41, 5.74) is 2.54. The first-order chi connectivity index (χ1) is 19.8. The van der Waals surface area contributed by atoms with Crippen LogP contribution >= 0.6 is 11.8 Å². The number of hydrogen-bond acceptors (Lipinski definition) is 13. The maximum atomic E-state index is 13.7. The molecule has 2 aromatic carbocycles. The molecule has 1 saturated heterocycles. The number of phenolic OH excluding ortho intramolecular Hbond substituents is 2. The Morgan fingerprint density at radius 2 is 1.83 bits per heavy atom. The van der Waals surface area contributed by atoms with Crippen LogP contribution in [0.2, 0.25) is 0 Å². The molecule has 13 heteroatoms. The van der Waals surface area contributed by atoms with Gasteiger partial charge in [0.2, 0.25) is 5.78 Å². The molecule has 0 aromatic heterocycles. The van der Waals surface area contributed by atoms with Crippen LogP contribution in [0.15, 0.2) is 18.2 Å². The summed E-state index contributed by atoms with van der Waals surface area (Å²) in [4.78, 5) is 52.1. The van der Waals surface area contributed by atoms with Crippen LogP contribution in [-0.4, -0.2) is 85.9 Å². The first kappa shape index (κ1) is 30.1. The molecule has 2 aromatic rings. The van der Waals surface area contributed by atoms with Crippen molar-refractivity contribution in [3.05, 3.63) is 51.6 Å². The molecular weight excluding hydrogens is 570 g/mol. The van der Waals surface area contributed by atoms with Crippen molar-refractivity contribution >= 4 is 34.2 Å². The van der Waals surface area contributed by atoms with E-state index in [0.29, 0.717) is 11.8 Å². The molecule has 6 atom stereocenters. The highest BCUT2D eigenvalue weighted by Crippen LogP contribution is 2.52. The summed E-state index contributed by atoms with van der Waals surface area (Å²) in [6.07, 6.45) is -5.05. The Labute approximate surface area is 244 Å². The molecule has 1 heterocycles. The lowest BCUT2D eigenvalue weighted by molar-refractivity contribution is -0.247. The average Bonchev–Trinajstić information content (AvgIpc) is 2.94. The number of benzene rings is 2. The summed E-state index contributed by atoms with van der Waals surface area (Å²) >= 11 is 0.696. The third-order valence-electron chi connectivity index (χ3n) is 8.07. The lowest BCUT2D eigenvalue weighted by atomic mass is 9.72. The number of rotatable bonds is 6. The number of ketones is 3. The van der Waals surface area contributed by atoms with Gasteiger partial charge in [0.05, 0.1) is 47.9 Å². The minimum absolute atomic E-state index is 0.0174. The first-order valence-corrected chi connectivity index (χ1v) is 14.3. The molecular formula is C29H31NO11S. The number of ether oxygens (including phenoxy) is 3. The number of aliphatic hydroxyl groups is 2. The van der Waals surface area contributed by atoms with Crippen LogP contribution in [-0.2, 0) is 25.5 Å². The molecule has 5 rings (SSSR count). The second-order valence-corrected chi connectivity index (χ2v) is 11.9. The van der Waals surface area contributed by atoms with E-state index in [4.69, 9.17) is 19.9 Å². The second-order valence-electron chi connectivity index (χ2n) is 10.8. The fourth-order valence-corrected chi connectivity index (χ4v) is 6.51. The van der Waals surface area contributed by atoms with E-state index in [1.165, 1.54) is 32.2 Å². The van der Waals surface area contributed by atoms with Gasteiger partial charge in [-0.15, -0.1) is 0 Å². The summed E-state index contributed by atoms with van der Waals surface area (Å²) in [5, 5.41) is 44.5. The van der Waals surface area contributed by atoms with Crippen LogP contribution < -0.4 is 10.5 Å². The quantitative estimate of drug-likeness (QED) is 0.253. The van der Waals surface area contributed by atoms with Crippen molar-refractivity contribution < 1.29 is 53.8 Å². The number of aliphatic hydroxyl groups excluding tert-OH is 1. The van der Waals surface area contributed by atoms with Crippen molar-refractivity contribution in [3.8, 4) is 17.2 Å². The van der Waals surface area contributed by atoms with E-state index >= 15 is 0 Å². The molecule has 0 radical (unpaired) electrons. The molecule has 0 bridgehead atoms. The van der Waals surface area contributed by atoms with Crippen LogP contribution in [0.1, 0.15) is 75.8 Å². The van der Waals surface area contributed by atoms with Gasteiger partial charge in [0.25, 0.3) is 0 Å². The number of aromatic hydroxyl groups is 2. The van der Waals surface area contributed by atoms with E-state index in [0.717, 1.165) is 0 Å². The lowest BCUT2D eigenvalue weighted by Gasteiger charge is -2.42. The van der Waals surface area contributed by atoms with Crippen molar-refractivity contribution in [2.45, 2.75) is 69.4 Å². The second kappa shape index (κ2) is 11.1. The zero-order chi connectivity index (χ0) is 30.7. The number of thioether (sulfide) groups is 1. The number of fused-ring (bicyclic) bond motifs is 3. The van der Waals surface area contributed by atoms with Crippen molar-refractivity contribution in [2.24, 2.45) is 5.73 Å². The highest BCUT2D eigenvalue weighted by Gasteiger charge is 2.50. The number of Topliss-reactive ketones (excluding diaryl/α,β-unsaturated/α-hetero) is 1. The van der Waals surface area contributed by atoms with Gasteiger partial charge in [0.1, 0.15) is 22.8 Å². The first-order valence-electron chi connectivity index (χ1n) is 13.3. The van der Waals surface area contributed by atoms with Crippen molar-refractivity contribution in [1.82, 2.24) is 0 Å². The molecule has 12 nitrogen and oxygen atoms in total. The van der Waals surface area contributed by atoms with Gasteiger partial charge in [0, 0.05) is 48.9 Å². The predicted octanol–water partition coefficient (Wildman–Crippen LogP) is 1.29. The number of carbonyl (C=O) groups is 4. The predicted molar refractivity (Wildman–Crippen MR) is 148 cm³/mol. The maximum absolute atomic E-state index is 13.7. The number of methoxy groups -OCH3 is 1. The minimum Gasteiger partial charge on any atom is -0.507 e. The third kappa shape index (κ3) is 4.89. The van der Waals surface area contributed by atoms with E-state index in [1.54, 1.807) is 6.92 Å². The monoisotopic (exact) mass is 601 g/mol. The summed E-state index contributed by atoms with van der Waals surface area (Å²) in [5.74, 6) is -3.88. The normalized spacial score (nSPS) is 28.5. The van der Waals surface area contributed by atoms with Crippen LogP contribution in [0.5, 0.6) is 17.2 Å². The van der Waals surface area contributed by atoms with Gasteiger partial charge in [-0.05, 0) is 13.0 Å². The van der Waals surface area contributed by atoms with Crippen LogP contribution in [0.3, 0.4) is 0 Å². The van der Waals surface area contributed by atoms with E-state index in [2.05, 4.69) is 0 Å². The SMILES string of the molecule is COc1cccc2c1C(=O)c1c(O)c3c(c(O)c1C2=O)C[C@@](O)(C(=O)CSC(C)=O)CC3OC1CC(N)C(O)C(C)O1. The number of hydrogen-bond donors (Lipinski definition) is 5. The standard InChI is InChI=1S/C29H31NO11S/c1-11-24(33)15(30)7-19(40-11)41-17-9-29(38,18(32)10-42-12(2)31)8-14-21(17)28(37)23-22(26(14)35)25(34)13-5-4-6-16(39-3)20(13)27(23)36/h4-6,11,15,17,19,24,33,35,37-38H,7-10,30H2,1-3H3/t11?,15?,17?,19?,24?,29-/m0/s1. The zero-order valence-corrected chi connectivity index (χ0v) is 23.9. The fraction of sp³-hybridized carbons (Fsp3) is 0.448. The van der Waals surface area contributed by atoms with E-state index in [9.17, 15) is 39.6 Å². The van der Waals surface area contributed by atoms with Gasteiger partial charge in [-0.2, -0.15) is 0 Å². The van der Waals surface area contributed by atoms with E-state index < -0.39 is 89.1 Å². The van der Waals surface area contributed by atoms with Gasteiger partial charge in [-0.1, -0.05) is 23.9 Å². The molecule has 3 aliphatic rings. The van der Waals surface area contributed by atoms with Crippen molar-refractivity contribution in [1.29, 1.82) is 0 Å². The number of nitrogens with two attached hydrogens (primary N) is 1. The molecule has 0 amide bonds. The Morgan fingerprint density at radius 3 is 2.48 bits per heavy atom. The van der Waals surface area contributed by atoms with Gasteiger partial charge in [-0.3, -0.25) is 19.2 Å². The molecule has 1 fully saturated rings. The zero-order valence-electron chi connectivity index (χ0n) is 23.1. The summed E-state index contributed by atoms with van der Waals surface area (Å²) in [6, 6.07) is 3.65. The lowest BCUT2D eigenvalue weighted by Crippen LogP contribution is -2.53. The molecule has 0 saturated carbocycles. The highest BCUT2D eigenvalue weighted by atomic mass is 32.2. The minimum atomic E-state index is -2.18. The van der Waals surface area contributed by atoms with Crippen LogP contribution in [0.4, 0.5) is 0 Å². The highest BCUT2D eigenvalue weighted by molar-refractivity contribution is 8.14. The van der Waals surface area contributed by atoms with Crippen LogP contribution in [0, 0.1) is 0 Å². The largest absolute Gasteiger partial charge is 0.507 e. The number of carbonyl (C=O) groups excluding carboxylic acids is 4. The molecule has 5 unspecified atom stereocenters. The fourth-order valence-electron chi connectivity index (χ4n) is 5.90. The third-order valence-corrected chi connectivity index (χ3v) is 8.88. The summed E-state index contributed by atoms with van der Waals surface area (Å²) in [6.45, 7) is 2.86. The Balaban J connectivity index is 1.66. The molecule has 42 heavy (non-hydrogen) atoms. The Hall–Kier alpha value is -3.33. The average molecular weight is 602 g/mol. The van der Waals surface area contributed by atoms with E-state index in [1.807, 2.05) is 0 Å². The topological polar surface area (TPSA) is 203 Å². The smallest absolute Gasteiger partial charge is 0.202 e.